The molecule has 0 unspecified atom stereocenters. The van der Waals surface area contributed by atoms with Crippen LogP contribution in [-0.2, 0) is 0 Å². The van der Waals surface area contributed by atoms with Gasteiger partial charge in [0.25, 0.3) is 0 Å². The summed E-state index contributed by atoms with van der Waals surface area (Å²) in [5.41, 5.74) is 3.06. The van der Waals surface area contributed by atoms with E-state index >= 15 is 0 Å². The SMILES string of the molecule is CCOc1ccc(Nc2nc(-c3ccccc3Br)cs2)cc1. The average Bonchev–Trinajstić information content (AvgIpc) is 2.98. The van der Waals surface area contributed by atoms with E-state index in [0.717, 1.165) is 32.3 Å². The molecule has 0 aliphatic heterocycles. The second-order valence-electron chi connectivity index (χ2n) is 4.60. The molecule has 1 heterocycles. The lowest BCUT2D eigenvalue weighted by atomic mass is 10.2. The van der Waals surface area contributed by atoms with Gasteiger partial charge in [0.1, 0.15) is 5.75 Å². The van der Waals surface area contributed by atoms with Gasteiger partial charge < -0.3 is 10.1 Å². The quantitative estimate of drug-likeness (QED) is 0.620. The molecule has 22 heavy (non-hydrogen) atoms. The maximum Gasteiger partial charge on any atom is 0.187 e. The van der Waals surface area contributed by atoms with Gasteiger partial charge in [-0.3, -0.25) is 0 Å². The fraction of sp³-hybridized carbons (Fsp3) is 0.118. The van der Waals surface area contributed by atoms with Crippen molar-refractivity contribution in [1.29, 1.82) is 0 Å². The summed E-state index contributed by atoms with van der Waals surface area (Å²) in [4.78, 5) is 4.64. The molecule has 0 amide bonds. The van der Waals surface area contributed by atoms with Crippen molar-refractivity contribution in [3.63, 3.8) is 0 Å². The van der Waals surface area contributed by atoms with E-state index in [9.17, 15) is 0 Å². The molecular formula is C17H15BrN2OS. The van der Waals surface area contributed by atoms with Crippen LogP contribution in [0.5, 0.6) is 5.75 Å². The predicted octanol–water partition coefficient (Wildman–Crippen LogP) is 5.71. The van der Waals surface area contributed by atoms with Gasteiger partial charge >= 0.3 is 0 Å². The number of ether oxygens (including phenoxy) is 1. The average molecular weight is 375 g/mol. The molecule has 0 atom stereocenters. The summed E-state index contributed by atoms with van der Waals surface area (Å²) in [5, 5.41) is 6.24. The summed E-state index contributed by atoms with van der Waals surface area (Å²) in [6, 6.07) is 16.0. The summed E-state index contributed by atoms with van der Waals surface area (Å²) in [6.45, 7) is 2.65. The minimum atomic E-state index is 0.675. The van der Waals surface area contributed by atoms with Gasteiger partial charge in [0, 0.05) is 21.1 Å². The van der Waals surface area contributed by atoms with E-state index in [4.69, 9.17) is 4.74 Å². The van der Waals surface area contributed by atoms with E-state index in [-0.39, 0.29) is 0 Å². The van der Waals surface area contributed by atoms with E-state index < -0.39 is 0 Å². The van der Waals surface area contributed by atoms with Crippen LogP contribution in [0.25, 0.3) is 11.3 Å². The lowest BCUT2D eigenvalue weighted by molar-refractivity contribution is 0.340. The van der Waals surface area contributed by atoms with Crippen molar-refractivity contribution in [2.24, 2.45) is 0 Å². The molecule has 5 heteroatoms. The minimum absolute atomic E-state index is 0.675. The minimum Gasteiger partial charge on any atom is -0.494 e. The van der Waals surface area contributed by atoms with Gasteiger partial charge in [-0.1, -0.05) is 34.1 Å². The van der Waals surface area contributed by atoms with Crippen LogP contribution in [0.4, 0.5) is 10.8 Å². The van der Waals surface area contributed by atoms with E-state index in [0.29, 0.717) is 6.61 Å². The maximum atomic E-state index is 5.44. The summed E-state index contributed by atoms with van der Waals surface area (Å²) in [6.07, 6.45) is 0. The first-order valence-corrected chi connectivity index (χ1v) is 8.64. The molecule has 2 aromatic carbocycles. The highest BCUT2D eigenvalue weighted by atomic mass is 79.9. The predicted molar refractivity (Wildman–Crippen MR) is 96.1 cm³/mol. The normalized spacial score (nSPS) is 10.5. The topological polar surface area (TPSA) is 34.1 Å². The van der Waals surface area contributed by atoms with Crippen molar-refractivity contribution >= 4 is 38.1 Å². The molecular weight excluding hydrogens is 360 g/mol. The van der Waals surface area contributed by atoms with Gasteiger partial charge in [-0.15, -0.1) is 11.3 Å². The highest BCUT2D eigenvalue weighted by molar-refractivity contribution is 9.10. The van der Waals surface area contributed by atoms with Crippen molar-refractivity contribution in [1.82, 2.24) is 4.98 Å². The molecule has 0 saturated carbocycles. The summed E-state index contributed by atoms with van der Waals surface area (Å²) in [5.74, 6) is 0.876. The molecule has 1 N–H and O–H groups in total. The Kier molecular flexibility index (Phi) is 4.75. The Labute approximate surface area is 142 Å². The van der Waals surface area contributed by atoms with Crippen molar-refractivity contribution in [3.05, 3.63) is 58.4 Å². The molecule has 0 aliphatic rings. The number of aromatic nitrogens is 1. The van der Waals surface area contributed by atoms with Gasteiger partial charge in [0.05, 0.1) is 12.3 Å². The zero-order chi connectivity index (χ0) is 15.4. The highest BCUT2D eigenvalue weighted by Crippen LogP contribution is 2.31. The van der Waals surface area contributed by atoms with Gasteiger partial charge in [-0.25, -0.2) is 4.98 Å². The van der Waals surface area contributed by atoms with Crippen molar-refractivity contribution < 1.29 is 4.74 Å². The summed E-state index contributed by atoms with van der Waals surface area (Å²) >= 11 is 5.15. The number of halogens is 1. The Morgan fingerprint density at radius 1 is 1.14 bits per heavy atom. The molecule has 112 valence electrons. The first-order valence-electron chi connectivity index (χ1n) is 6.96. The molecule has 0 saturated heterocycles. The Balaban J connectivity index is 1.75. The lowest BCUT2D eigenvalue weighted by Gasteiger charge is -2.05. The van der Waals surface area contributed by atoms with Crippen LogP contribution in [0.3, 0.4) is 0 Å². The van der Waals surface area contributed by atoms with Gasteiger partial charge in [0.2, 0.25) is 0 Å². The van der Waals surface area contributed by atoms with E-state index in [1.165, 1.54) is 0 Å². The van der Waals surface area contributed by atoms with Gasteiger partial charge in [-0.05, 0) is 37.3 Å². The van der Waals surface area contributed by atoms with Crippen LogP contribution in [0, 0.1) is 0 Å². The fourth-order valence-corrected chi connectivity index (χ4v) is 3.27. The smallest absolute Gasteiger partial charge is 0.187 e. The molecule has 0 bridgehead atoms. The molecule has 0 spiro atoms. The van der Waals surface area contributed by atoms with E-state index in [1.807, 2.05) is 49.4 Å². The largest absolute Gasteiger partial charge is 0.494 e. The first kappa shape index (κ1) is 15.1. The van der Waals surface area contributed by atoms with Crippen LogP contribution in [-0.4, -0.2) is 11.6 Å². The number of nitrogens with zero attached hydrogens (tertiary/aromatic N) is 1. The maximum absolute atomic E-state index is 5.44. The van der Waals surface area contributed by atoms with Crippen LogP contribution in [0.1, 0.15) is 6.92 Å². The Bertz CT molecular complexity index is 755. The molecule has 0 aliphatic carbocycles. The van der Waals surface area contributed by atoms with Crippen LogP contribution >= 0.6 is 27.3 Å². The van der Waals surface area contributed by atoms with Crippen LogP contribution in [0.2, 0.25) is 0 Å². The van der Waals surface area contributed by atoms with Crippen molar-refractivity contribution in [3.8, 4) is 17.0 Å². The Hall–Kier alpha value is -1.85. The molecule has 0 radical (unpaired) electrons. The third-order valence-electron chi connectivity index (χ3n) is 3.07. The van der Waals surface area contributed by atoms with E-state index in [2.05, 4.69) is 37.7 Å². The molecule has 1 aromatic heterocycles. The zero-order valence-corrected chi connectivity index (χ0v) is 14.4. The summed E-state index contributed by atoms with van der Waals surface area (Å²) < 4.78 is 6.49. The van der Waals surface area contributed by atoms with Crippen LogP contribution < -0.4 is 10.1 Å². The number of hydrogen-bond donors (Lipinski definition) is 1. The second kappa shape index (κ2) is 6.94. The molecule has 3 nitrogen and oxygen atoms in total. The number of nitrogens with one attached hydrogen (secondary N) is 1. The summed E-state index contributed by atoms with van der Waals surface area (Å²) in [7, 11) is 0. The van der Waals surface area contributed by atoms with E-state index in [1.54, 1.807) is 11.3 Å². The number of hydrogen-bond acceptors (Lipinski definition) is 4. The number of thiazole rings is 1. The van der Waals surface area contributed by atoms with Crippen LogP contribution in [0.15, 0.2) is 58.4 Å². The monoisotopic (exact) mass is 374 g/mol. The van der Waals surface area contributed by atoms with Crippen molar-refractivity contribution in [2.45, 2.75) is 6.92 Å². The van der Waals surface area contributed by atoms with Crippen molar-refractivity contribution in [2.75, 3.05) is 11.9 Å². The molecule has 0 fully saturated rings. The molecule has 3 rings (SSSR count). The van der Waals surface area contributed by atoms with Gasteiger partial charge in [-0.2, -0.15) is 0 Å². The second-order valence-corrected chi connectivity index (χ2v) is 6.31. The zero-order valence-electron chi connectivity index (χ0n) is 12.0. The number of anilines is 2. The number of rotatable bonds is 5. The highest BCUT2D eigenvalue weighted by Gasteiger charge is 2.07. The van der Waals surface area contributed by atoms with Gasteiger partial charge in [0.15, 0.2) is 5.13 Å². The fourth-order valence-electron chi connectivity index (χ4n) is 2.05. The molecule has 3 aromatic rings. The lowest BCUT2D eigenvalue weighted by Crippen LogP contribution is -1.93. The Morgan fingerprint density at radius 2 is 1.91 bits per heavy atom. The standard InChI is InChI=1S/C17H15BrN2OS/c1-2-21-13-9-7-12(8-10-13)19-17-20-16(11-22-17)14-5-3-4-6-15(14)18/h3-11H,2H2,1H3,(H,19,20). The number of benzene rings is 2. The third kappa shape index (κ3) is 3.48. The third-order valence-corrected chi connectivity index (χ3v) is 4.52. The first-order chi connectivity index (χ1) is 10.8. The Morgan fingerprint density at radius 3 is 2.64 bits per heavy atom.